The van der Waals surface area contributed by atoms with Gasteiger partial charge in [0.05, 0.1) is 10.5 Å². The van der Waals surface area contributed by atoms with Crippen LogP contribution in [0.5, 0.6) is 0 Å². The van der Waals surface area contributed by atoms with Crippen molar-refractivity contribution < 1.29 is 27.5 Å². The average Bonchev–Trinajstić information content (AvgIpc) is 2.71. The summed E-state index contributed by atoms with van der Waals surface area (Å²) in [7, 11) is -3.86. The number of rotatable bonds is 8. The highest BCUT2D eigenvalue weighted by molar-refractivity contribution is 7.89. The van der Waals surface area contributed by atoms with Gasteiger partial charge in [-0.05, 0) is 30.7 Å². The molecule has 2 rings (SSSR count). The number of hydrogen-bond acceptors (Lipinski definition) is 6. The fourth-order valence-electron chi connectivity index (χ4n) is 2.23. The Morgan fingerprint density at radius 3 is 2.41 bits per heavy atom. The molecular formula is C19H21N3O6S. The summed E-state index contributed by atoms with van der Waals surface area (Å²) >= 11 is 0. The number of benzene rings is 2. The predicted octanol–water partition coefficient (Wildman–Crippen LogP) is 1.17. The minimum absolute atomic E-state index is 0.0432. The Morgan fingerprint density at radius 2 is 1.72 bits per heavy atom. The van der Waals surface area contributed by atoms with Gasteiger partial charge < -0.3 is 10.1 Å². The Labute approximate surface area is 168 Å². The third-order valence-corrected chi connectivity index (χ3v) is 5.01. The monoisotopic (exact) mass is 419 g/mol. The van der Waals surface area contributed by atoms with Crippen molar-refractivity contribution in [1.82, 2.24) is 15.4 Å². The molecule has 0 heterocycles. The Hall–Kier alpha value is -3.24. The van der Waals surface area contributed by atoms with Crippen molar-refractivity contribution in [3.8, 4) is 0 Å². The third kappa shape index (κ3) is 7.01. The number of sulfonamides is 1. The van der Waals surface area contributed by atoms with Crippen LogP contribution in [0.25, 0.3) is 0 Å². The minimum atomic E-state index is -3.86. The van der Waals surface area contributed by atoms with Gasteiger partial charge in [-0.2, -0.15) is 0 Å². The number of imide groups is 1. The summed E-state index contributed by atoms with van der Waals surface area (Å²) in [5.74, 6) is -1.70. The van der Waals surface area contributed by atoms with Gasteiger partial charge in [-0.25, -0.2) is 22.7 Å². The molecule has 10 heteroatoms. The van der Waals surface area contributed by atoms with Crippen LogP contribution in [0, 0.1) is 0 Å². The number of carbonyl (C=O) groups excluding carboxylic acids is 3. The number of esters is 1. The van der Waals surface area contributed by atoms with Crippen molar-refractivity contribution in [3.63, 3.8) is 0 Å². The van der Waals surface area contributed by atoms with Crippen LogP contribution < -0.4 is 15.4 Å². The maximum Gasteiger partial charge on any atom is 0.338 e. The highest BCUT2D eigenvalue weighted by Gasteiger charge is 2.18. The zero-order valence-corrected chi connectivity index (χ0v) is 16.5. The number of carbonyl (C=O) groups is 3. The van der Waals surface area contributed by atoms with Crippen molar-refractivity contribution in [2.75, 3.05) is 13.2 Å². The third-order valence-electron chi connectivity index (χ3n) is 3.61. The normalized spacial score (nSPS) is 10.8. The van der Waals surface area contributed by atoms with E-state index < -0.39 is 34.5 Å². The van der Waals surface area contributed by atoms with Crippen LogP contribution in [-0.2, 0) is 26.1 Å². The summed E-state index contributed by atoms with van der Waals surface area (Å²) in [6, 6.07) is 13.5. The fraction of sp³-hybridized carbons (Fsp3) is 0.211. The first-order valence-electron chi connectivity index (χ1n) is 8.70. The van der Waals surface area contributed by atoms with Crippen LogP contribution in [0.15, 0.2) is 59.5 Å². The summed E-state index contributed by atoms with van der Waals surface area (Å²) in [4.78, 5) is 34.8. The second kappa shape index (κ2) is 10.3. The van der Waals surface area contributed by atoms with E-state index in [2.05, 4.69) is 10.0 Å². The van der Waals surface area contributed by atoms with E-state index in [1.807, 2.05) is 11.4 Å². The lowest BCUT2D eigenvalue weighted by Gasteiger charge is -2.09. The molecule has 3 amide bonds. The van der Waals surface area contributed by atoms with Crippen LogP contribution in [0.4, 0.5) is 4.79 Å². The smallest absolute Gasteiger partial charge is 0.338 e. The van der Waals surface area contributed by atoms with Gasteiger partial charge in [0, 0.05) is 13.1 Å². The van der Waals surface area contributed by atoms with Crippen LogP contribution in [0.1, 0.15) is 22.8 Å². The molecule has 0 unspecified atom stereocenters. The molecule has 0 aliphatic carbocycles. The van der Waals surface area contributed by atoms with Gasteiger partial charge in [-0.3, -0.25) is 10.1 Å². The van der Waals surface area contributed by atoms with Crippen molar-refractivity contribution in [3.05, 3.63) is 65.7 Å². The molecule has 0 bridgehead atoms. The molecule has 0 saturated carbocycles. The quantitative estimate of drug-likeness (QED) is 0.551. The minimum Gasteiger partial charge on any atom is -0.452 e. The van der Waals surface area contributed by atoms with Crippen molar-refractivity contribution in [2.24, 2.45) is 0 Å². The molecule has 2 aromatic carbocycles. The first-order valence-corrected chi connectivity index (χ1v) is 10.2. The van der Waals surface area contributed by atoms with E-state index in [0.717, 1.165) is 11.6 Å². The summed E-state index contributed by atoms with van der Waals surface area (Å²) < 4.78 is 32.2. The number of hydrogen-bond donors (Lipinski definition) is 3. The molecule has 0 radical (unpaired) electrons. The Balaban J connectivity index is 1.97. The second-order valence-corrected chi connectivity index (χ2v) is 7.59. The molecule has 154 valence electrons. The lowest BCUT2D eigenvalue weighted by Crippen LogP contribution is -2.41. The van der Waals surface area contributed by atoms with E-state index >= 15 is 0 Å². The molecule has 9 nitrogen and oxygen atoms in total. The van der Waals surface area contributed by atoms with Crippen molar-refractivity contribution in [2.45, 2.75) is 18.4 Å². The van der Waals surface area contributed by atoms with Gasteiger partial charge in [0.2, 0.25) is 10.0 Å². The van der Waals surface area contributed by atoms with Gasteiger partial charge in [-0.15, -0.1) is 0 Å². The van der Waals surface area contributed by atoms with Gasteiger partial charge in [0.15, 0.2) is 6.61 Å². The van der Waals surface area contributed by atoms with Crippen molar-refractivity contribution >= 4 is 27.9 Å². The molecule has 0 atom stereocenters. The molecule has 0 fully saturated rings. The van der Waals surface area contributed by atoms with Gasteiger partial charge >= 0.3 is 12.0 Å². The molecule has 0 aromatic heterocycles. The first kappa shape index (κ1) is 22.1. The molecule has 0 aliphatic heterocycles. The first-order chi connectivity index (χ1) is 13.8. The molecule has 0 saturated heterocycles. The van der Waals surface area contributed by atoms with E-state index in [9.17, 15) is 22.8 Å². The van der Waals surface area contributed by atoms with Gasteiger partial charge in [0.25, 0.3) is 5.91 Å². The van der Waals surface area contributed by atoms with Gasteiger partial charge in [-0.1, -0.05) is 36.4 Å². The summed E-state index contributed by atoms with van der Waals surface area (Å²) in [6.45, 7) is 1.43. The van der Waals surface area contributed by atoms with Crippen LogP contribution in [0.3, 0.4) is 0 Å². The number of nitrogens with one attached hydrogen (secondary N) is 3. The number of ether oxygens (including phenoxy) is 1. The Kier molecular flexibility index (Phi) is 7.87. The average molecular weight is 419 g/mol. The molecule has 0 spiro atoms. The standard InChI is InChI=1S/C19H21N3O6S/c1-2-20-19(25)22-17(23)13-28-18(24)15-9-6-10-16(11-15)29(26,27)21-12-14-7-4-3-5-8-14/h3-11,21H,2,12-13H2,1H3,(H2,20,22,23,25). The topological polar surface area (TPSA) is 131 Å². The maximum atomic E-state index is 12.5. The van der Waals surface area contributed by atoms with E-state index in [1.54, 1.807) is 31.2 Å². The molecule has 3 N–H and O–H groups in total. The lowest BCUT2D eigenvalue weighted by atomic mass is 10.2. The second-order valence-electron chi connectivity index (χ2n) is 5.82. The number of amides is 3. The van der Waals surface area contributed by atoms with E-state index in [1.165, 1.54) is 18.2 Å². The molecule has 29 heavy (non-hydrogen) atoms. The summed E-state index contributed by atoms with van der Waals surface area (Å²) in [5, 5.41) is 4.34. The highest BCUT2D eigenvalue weighted by atomic mass is 32.2. The molecule has 0 aliphatic rings. The van der Waals surface area contributed by atoms with Crippen LogP contribution >= 0.6 is 0 Å². The van der Waals surface area contributed by atoms with E-state index in [4.69, 9.17) is 4.74 Å². The molecular weight excluding hydrogens is 398 g/mol. The Bertz CT molecular complexity index is 976. The Morgan fingerprint density at radius 1 is 1.00 bits per heavy atom. The SMILES string of the molecule is CCNC(=O)NC(=O)COC(=O)c1cccc(S(=O)(=O)NCc2ccccc2)c1. The zero-order valence-electron chi connectivity index (χ0n) is 15.7. The molecule has 2 aromatic rings. The van der Waals surface area contributed by atoms with Crippen LogP contribution in [-0.4, -0.2) is 39.5 Å². The zero-order chi connectivity index (χ0) is 21.3. The lowest BCUT2D eigenvalue weighted by molar-refractivity contribution is -0.123. The summed E-state index contributed by atoms with van der Waals surface area (Å²) in [6.07, 6.45) is 0. The number of urea groups is 1. The van der Waals surface area contributed by atoms with Crippen LogP contribution in [0.2, 0.25) is 0 Å². The maximum absolute atomic E-state index is 12.5. The summed E-state index contributed by atoms with van der Waals surface area (Å²) in [5.41, 5.74) is 0.739. The van der Waals surface area contributed by atoms with Crippen molar-refractivity contribution in [1.29, 1.82) is 0 Å². The van der Waals surface area contributed by atoms with Gasteiger partial charge in [0.1, 0.15) is 0 Å². The fourth-order valence-corrected chi connectivity index (χ4v) is 3.29. The highest BCUT2D eigenvalue weighted by Crippen LogP contribution is 2.13. The van der Waals surface area contributed by atoms with E-state index in [-0.39, 0.29) is 17.0 Å². The van der Waals surface area contributed by atoms with E-state index in [0.29, 0.717) is 6.54 Å². The largest absolute Gasteiger partial charge is 0.452 e. The predicted molar refractivity (Wildman–Crippen MR) is 104 cm³/mol.